The van der Waals surface area contributed by atoms with Crippen molar-refractivity contribution in [2.24, 2.45) is 0 Å². The number of rotatable bonds is 1. The van der Waals surface area contributed by atoms with Gasteiger partial charge in [0.15, 0.2) is 5.82 Å². The summed E-state index contributed by atoms with van der Waals surface area (Å²) in [5.74, 6) is 0.524. The van der Waals surface area contributed by atoms with Gasteiger partial charge < -0.3 is 4.74 Å². The van der Waals surface area contributed by atoms with Gasteiger partial charge >= 0.3 is 6.09 Å². The van der Waals surface area contributed by atoms with Crippen molar-refractivity contribution in [2.75, 3.05) is 0 Å². The van der Waals surface area contributed by atoms with Crippen LogP contribution in [-0.2, 0) is 10.3 Å². The van der Waals surface area contributed by atoms with E-state index in [0.717, 1.165) is 25.7 Å². The number of hydrogen-bond acceptors (Lipinski definition) is 4. The number of fused-ring (bicyclic) bond motifs is 2. The highest BCUT2D eigenvalue weighted by Gasteiger charge is 2.57. The van der Waals surface area contributed by atoms with Crippen LogP contribution in [0.4, 0.5) is 4.79 Å². The van der Waals surface area contributed by atoms with E-state index in [1.54, 1.807) is 4.90 Å². The predicted octanol–water partition coefficient (Wildman–Crippen LogP) is 4.17. The molecule has 22 heavy (non-hydrogen) atoms. The molecule has 0 radical (unpaired) electrons. The van der Waals surface area contributed by atoms with Crippen molar-refractivity contribution < 1.29 is 9.53 Å². The Morgan fingerprint density at radius 1 is 1.27 bits per heavy atom. The van der Waals surface area contributed by atoms with E-state index in [9.17, 15) is 4.79 Å². The SMILES string of the molecule is CC(C)(C)OC(=O)N1C2CCC1(c1nc(Cl)cc(Cl)n1)CC2. The van der Waals surface area contributed by atoms with E-state index in [1.165, 1.54) is 6.07 Å². The zero-order valence-electron chi connectivity index (χ0n) is 12.9. The first-order valence-corrected chi connectivity index (χ1v) is 8.20. The summed E-state index contributed by atoms with van der Waals surface area (Å²) in [5, 5.41) is 0.590. The predicted molar refractivity (Wildman–Crippen MR) is 84.1 cm³/mol. The van der Waals surface area contributed by atoms with Gasteiger partial charge in [0, 0.05) is 12.1 Å². The minimum absolute atomic E-state index is 0.177. The Morgan fingerprint density at radius 2 is 1.82 bits per heavy atom. The first-order valence-electron chi connectivity index (χ1n) is 7.44. The molecule has 0 spiro atoms. The lowest BCUT2D eigenvalue weighted by Gasteiger charge is -2.34. The van der Waals surface area contributed by atoms with Crippen molar-refractivity contribution in [1.29, 1.82) is 0 Å². The van der Waals surface area contributed by atoms with Crippen molar-refractivity contribution in [2.45, 2.75) is 63.6 Å². The molecule has 3 heterocycles. The second-order valence-corrected chi connectivity index (χ2v) is 7.72. The van der Waals surface area contributed by atoms with E-state index in [2.05, 4.69) is 9.97 Å². The van der Waals surface area contributed by atoms with Gasteiger partial charge in [0.1, 0.15) is 21.4 Å². The number of carbonyl (C=O) groups excluding carboxylic acids is 1. The van der Waals surface area contributed by atoms with Crippen LogP contribution in [0, 0.1) is 0 Å². The molecule has 0 aliphatic carbocycles. The summed E-state index contributed by atoms with van der Waals surface area (Å²) in [5.41, 5.74) is -1.07. The second kappa shape index (κ2) is 5.24. The maximum Gasteiger partial charge on any atom is 0.411 e. The molecule has 7 heteroatoms. The van der Waals surface area contributed by atoms with Crippen LogP contribution in [0.25, 0.3) is 0 Å². The van der Waals surface area contributed by atoms with Gasteiger partial charge in [-0.1, -0.05) is 23.2 Å². The molecule has 2 aliphatic heterocycles. The average Bonchev–Trinajstić information content (AvgIpc) is 2.91. The van der Waals surface area contributed by atoms with Crippen molar-refractivity contribution >= 4 is 29.3 Å². The highest BCUT2D eigenvalue weighted by Crippen LogP contribution is 2.52. The van der Waals surface area contributed by atoms with E-state index < -0.39 is 11.1 Å². The van der Waals surface area contributed by atoms with Gasteiger partial charge in [0.2, 0.25) is 0 Å². The maximum atomic E-state index is 12.7. The molecule has 2 aliphatic rings. The van der Waals surface area contributed by atoms with E-state index in [0.29, 0.717) is 16.1 Å². The number of ether oxygens (including phenoxy) is 1. The van der Waals surface area contributed by atoms with Crippen LogP contribution in [0.3, 0.4) is 0 Å². The summed E-state index contributed by atoms with van der Waals surface area (Å²) in [4.78, 5) is 23.1. The van der Waals surface area contributed by atoms with Crippen LogP contribution < -0.4 is 0 Å². The van der Waals surface area contributed by atoms with Crippen molar-refractivity contribution in [3.63, 3.8) is 0 Å². The quantitative estimate of drug-likeness (QED) is 0.718. The number of aromatic nitrogens is 2. The average molecular weight is 344 g/mol. The maximum absolute atomic E-state index is 12.7. The van der Waals surface area contributed by atoms with Crippen LogP contribution in [0.1, 0.15) is 52.3 Å². The third kappa shape index (κ3) is 2.65. The molecule has 1 aromatic rings. The first kappa shape index (κ1) is 15.8. The van der Waals surface area contributed by atoms with E-state index in [1.807, 2.05) is 20.8 Å². The molecule has 0 saturated carbocycles. The Morgan fingerprint density at radius 3 is 2.32 bits per heavy atom. The van der Waals surface area contributed by atoms with Crippen LogP contribution in [0.15, 0.2) is 6.07 Å². The minimum Gasteiger partial charge on any atom is -0.444 e. The highest BCUT2D eigenvalue weighted by atomic mass is 35.5. The van der Waals surface area contributed by atoms with Gasteiger partial charge in [-0.3, -0.25) is 4.90 Å². The smallest absolute Gasteiger partial charge is 0.411 e. The minimum atomic E-state index is -0.540. The zero-order chi connectivity index (χ0) is 16.1. The first-order chi connectivity index (χ1) is 10.2. The Hall–Kier alpha value is -1.07. The third-order valence-electron chi connectivity index (χ3n) is 4.28. The van der Waals surface area contributed by atoms with Gasteiger partial charge in [0.05, 0.1) is 0 Å². The lowest BCUT2D eigenvalue weighted by atomic mass is 9.87. The molecule has 2 bridgehead atoms. The van der Waals surface area contributed by atoms with E-state index in [-0.39, 0.29) is 12.1 Å². The monoisotopic (exact) mass is 343 g/mol. The molecule has 0 unspecified atom stereocenters. The van der Waals surface area contributed by atoms with Crippen molar-refractivity contribution in [1.82, 2.24) is 14.9 Å². The summed E-state index contributed by atoms with van der Waals surface area (Å²) in [6, 6.07) is 1.68. The molecule has 0 N–H and O–H groups in total. The topological polar surface area (TPSA) is 55.3 Å². The van der Waals surface area contributed by atoms with Gasteiger partial charge in [-0.2, -0.15) is 0 Å². The fourth-order valence-corrected chi connectivity index (χ4v) is 3.92. The standard InChI is InChI=1S/C15H19Cl2N3O2/c1-14(2,3)22-13(21)20-9-4-6-15(20,7-5-9)12-18-10(16)8-11(17)19-12/h8-9H,4-7H2,1-3H3. The molecule has 1 amide bonds. The summed E-state index contributed by atoms with van der Waals surface area (Å²) in [6.07, 6.45) is 3.16. The highest BCUT2D eigenvalue weighted by molar-refractivity contribution is 6.33. The van der Waals surface area contributed by atoms with Gasteiger partial charge in [-0.25, -0.2) is 14.8 Å². The van der Waals surface area contributed by atoms with Crippen LogP contribution >= 0.6 is 23.2 Å². The fourth-order valence-electron chi connectivity index (χ4n) is 3.49. The molecule has 3 rings (SSSR count). The molecular weight excluding hydrogens is 325 g/mol. The lowest BCUT2D eigenvalue weighted by Crippen LogP contribution is -2.46. The fraction of sp³-hybridized carbons (Fsp3) is 0.667. The van der Waals surface area contributed by atoms with Gasteiger partial charge in [-0.05, 0) is 46.5 Å². The third-order valence-corrected chi connectivity index (χ3v) is 4.67. The molecular formula is C15H19Cl2N3O2. The van der Waals surface area contributed by atoms with Crippen LogP contribution in [-0.4, -0.2) is 32.6 Å². The van der Waals surface area contributed by atoms with E-state index >= 15 is 0 Å². The van der Waals surface area contributed by atoms with E-state index in [4.69, 9.17) is 27.9 Å². The Balaban J connectivity index is 1.98. The summed E-state index contributed by atoms with van der Waals surface area (Å²) >= 11 is 12.0. The molecule has 0 aromatic carbocycles. The molecule has 1 aromatic heterocycles. The Kier molecular flexibility index (Phi) is 3.76. The number of halogens is 2. The molecule has 0 atom stereocenters. The summed E-state index contributed by atoms with van der Waals surface area (Å²) < 4.78 is 5.57. The normalized spacial score (nSPS) is 27.3. The zero-order valence-corrected chi connectivity index (χ0v) is 14.4. The number of nitrogens with zero attached hydrogens (tertiary/aromatic N) is 3. The summed E-state index contributed by atoms with van der Waals surface area (Å²) in [6.45, 7) is 5.59. The lowest BCUT2D eigenvalue weighted by molar-refractivity contribution is 0.00736. The van der Waals surface area contributed by atoms with Crippen molar-refractivity contribution in [3.05, 3.63) is 22.2 Å². The van der Waals surface area contributed by atoms with Crippen LogP contribution in [0.2, 0.25) is 10.3 Å². The second-order valence-electron chi connectivity index (χ2n) is 6.95. The van der Waals surface area contributed by atoms with Crippen molar-refractivity contribution in [3.8, 4) is 0 Å². The summed E-state index contributed by atoms with van der Waals surface area (Å²) in [7, 11) is 0. The van der Waals surface area contributed by atoms with Gasteiger partial charge in [-0.15, -0.1) is 0 Å². The molecule has 120 valence electrons. The number of hydrogen-bond donors (Lipinski definition) is 0. The molecule has 2 fully saturated rings. The molecule has 2 saturated heterocycles. The largest absolute Gasteiger partial charge is 0.444 e. The van der Waals surface area contributed by atoms with Gasteiger partial charge in [0.25, 0.3) is 0 Å². The molecule has 5 nitrogen and oxygen atoms in total. The Labute approximate surface area is 140 Å². The number of amides is 1. The Bertz CT molecular complexity index is 587. The number of carbonyl (C=O) groups is 1. The van der Waals surface area contributed by atoms with Crippen LogP contribution in [0.5, 0.6) is 0 Å².